The summed E-state index contributed by atoms with van der Waals surface area (Å²) in [6, 6.07) is 0. The van der Waals surface area contributed by atoms with Crippen LogP contribution in [0.15, 0.2) is 0 Å². The molecule has 110 valence electrons. The summed E-state index contributed by atoms with van der Waals surface area (Å²) in [5.41, 5.74) is 0.0408. The van der Waals surface area contributed by atoms with E-state index in [1.54, 1.807) is 0 Å². The number of thioether (sulfide) groups is 1. The van der Waals surface area contributed by atoms with Crippen LogP contribution < -0.4 is 0 Å². The molecule has 2 heterocycles. The SMILES string of the molecule is COC(=O)CC(C)SC1CCOC2(CCOCC2)C1. The Morgan fingerprint density at radius 1 is 1.42 bits per heavy atom. The molecule has 0 aromatic rings. The van der Waals surface area contributed by atoms with Crippen molar-refractivity contribution in [2.45, 2.75) is 55.1 Å². The van der Waals surface area contributed by atoms with Crippen LogP contribution in [0.5, 0.6) is 0 Å². The van der Waals surface area contributed by atoms with Gasteiger partial charge >= 0.3 is 5.97 Å². The van der Waals surface area contributed by atoms with Gasteiger partial charge in [0.2, 0.25) is 0 Å². The second kappa shape index (κ2) is 6.95. The van der Waals surface area contributed by atoms with Crippen LogP contribution in [0.3, 0.4) is 0 Å². The van der Waals surface area contributed by atoms with Gasteiger partial charge in [-0.3, -0.25) is 4.79 Å². The lowest BCUT2D eigenvalue weighted by Gasteiger charge is -2.43. The highest BCUT2D eigenvalue weighted by molar-refractivity contribution is 8.00. The smallest absolute Gasteiger partial charge is 0.306 e. The van der Waals surface area contributed by atoms with Crippen molar-refractivity contribution in [3.63, 3.8) is 0 Å². The van der Waals surface area contributed by atoms with Crippen molar-refractivity contribution in [2.24, 2.45) is 0 Å². The average molecular weight is 288 g/mol. The standard InChI is InChI=1S/C14H24O4S/c1-11(9-13(15)16-2)19-12-3-6-18-14(10-12)4-7-17-8-5-14/h11-12H,3-10H2,1-2H3. The Bertz CT molecular complexity index is 296. The molecule has 19 heavy (non-hydrogen) atoms. The van der Waals surface area contributed by atoms with E-state index in [1.165, 1.54) is 7.11 Å². The van der Waals surface area contributed by atoms with Gasteiger partial charge in [-0.25, -0.2) is 0 Å². The molecular weight excluding hydrogens is 264 g/mol. The molecule has 0 N–H and O–H groups in total. The molecular formula is C14H24O4S. The quantitative estimate of drug-likeness (QED) is 0.743. The van der Waals surface area contributed by atoms with Gasteiger partial charge in [0.05, 0.1) is 19.1 Å². The van der Waals surface area contributed by atoms with Crippen LogP contribution in [0, 0.1) is 0 Å². The Kier molecular flexibility index (Phi) is 5.54. The maximum absolute atomic E-state index is 11.3. The summed E-state index contributed by atoms with van der Waals surface area (Å²) in [7, 11) is 1.45. The molecule has 2 saturated heterocycles. The Morgan fingerprint density at radius 2 is 2.16 bits per heavy atom. The average Bonchev–Trinajstić information content (AvgIpc) is 2.39. The van der Waals surface area contributed by atoms with Crippen LogP contribution in [0.4, 0.5) is 0 Å². The lowest BCUT2D eigenvalue weighted by atomic mass is 9.86. The Hall–Kier alpha value is -0.260. The minimum absolute atomic E-state index is 0.0408. The van der Waals surface area contributed by atoms with Crippen LogP contribution in [0.1, 0.15) is 39.0 Å². The topological polar surface area (TPSA) is 44.8 Å². The van der Waals surface area contributed by atoms with E-state index in [4.69, 9.17) is 14.2 Å². The van der Waals surface area contributed by atoms with E-state index < -0.39 is 0 Å². The first-order chi connectivity index (χ1) is 9.13. The van der Waals surface area contributed by atoms with Crippen molar-refractivity contribution < 1.29 is 19.0 Å². The first-order valence-electron chi connectivity index (χ1n) is 7.07. The van der Waals surface area contributed by atoms with E-state index in [0.717, 1.165) is 45.5 Å². The summed E-state index contributed by atoms with van der Waals surface area (Å²) in [5, 5.41) is 0.902. The third-order valence-corrected chi connectivity index (χ3v) is 5.38. The summed E-state index contributed by atoms with van der Waals surface area (Å²) < 4.78 is 16.2. The van der Waals surface area contributed by atoms with Gasteiger partial charge in [0.25, 0.3) is 0 Å². The number of esters is 1. The normalized spacial score (nSPS) is 28.0. The van der Waals surface area contributed by atoms with Gasteiger partial charge in [-0.2, -0.15) is 11.8 Å². The molecule has 0 aliphatic carbocycles. The van der Waals surface area contributed by atoms with Gasteiger partial charge < -0.3 is 14.2 Å². The summed E-state index contributed by atoms with van der Waals surface area (Å²) in [4.78, 5) is 11.3. The lowest BCUT2D eigenvalue weighted by molar-refractivity contribution is -0.140. The minimum Gasteiger partial charge on any atom is -0.469 e. The van der Waals surface area contributed by atoms with Crippen LogP contribution >= 0.6 is 11.8 Å². The highest BCUT2D eigenvalue weighted by atomic mass is 32.2. The Labute approximate surface area is 119 Å². The molecule has 0 aromatic carbocycles. The van der Waals surface area contributed by atoms with Crippen LogP contribution in [-0.4, -0.2) is 49.0 Å². The number of carbonyl (C=O) groups excluding carboxylic acids is 1. The molecule has 2 rings (SSSR count). The van der Waals surface area contributed by atoms with Crippen molar-refractivity contribution in [1.82, 2.24) is 0 Å². The number of methoxy groups -OCH3 is 1. The fourth-order valence-electron chi connectivity index (χ4n) is 2.89. The van der Waals surface area contributed by atoms with E-state index in [-0.39, 0.29) is 11.6 Å². The molecule has 0 amide bonds. The maximum Gasteiger partial charge on any atom is 0.306 e. The van der Waals surface area contributed by atoms with Crippen molar-refractivity contribution in [3.05, 3.63) is 0 Å². The maximum atomic E-state index is 11.3. The highest BCUT2D eigenvalue weighted by Crippen LogP contribution is 2.40. The van der Waals surface area contributed by atoms with Crippen LogP contribution in [0.25, 0.3) is 0 Å². The predicted molar refractivity (Wildman–Crippen MR) is 75.4 cm³/mol. The zero-order valence-electron chi connectivity index (χ0n) is 11.9. The van der Waals surface area contributed by atoms with Gasteiger partial charge in [0.15, 0.2) is 0 Å². The Balaban J connectivity index is 1.82. The second-order valence-corrected chi connectivity index (χ2v) is 7.23. The van der Waals surface area contributed by atoms with Crippen LogP contribution in [-0.2, 0) is 19.0 Å². The summed E-state index contributed by atoms with van der Waals surface area (Å²) in [5.74, 6) is -0.118. The molecule has 5 heteroatoms. The number of rotatable bonds is 4. The van der Waals surface area contributed by atoms with Gasteiger partial charge in [-0.15, -0.1) is 0 Å². The molecule has 2 aliphatic heterocycles. The first-order valence-corrected chi connectivity index (χ1v) is 8.02. The fourth-order valence-corrected chi connectivity index (χ4v) is 4.41. The predicted octanol–water partition coefficient (Wildman–Crippen LogP) is 2.40. The molecule has 0 aromatic heterocycles. The molecule has 2 aliphatic rings. The van der Waals surface area contributed by atoms with Crippen molar-refractivity contribution in [3.8, 4) is 0 Å². The van der Waals surface area contributed by atoms with Crippen molar-refractivity contribution in [2.75, 3.05) is 26.9 Å². The monoisotopic (exact) mass is 288 g/mol. The molecule has 2 fully saturated rings. The largest absolute Gasteiger partial charge is 0.469 e. The number of ether oxygens (including phenoxy) is 3. The zero-order chi connectivity index (χ0) is 13.7. The fraction of sp³-hybridized carbons (Fsp3) is 0.929. The molecule has 4 nitrogen and oxygen atoms in total. The Morgan fingerprint density at radius 3 is 2.84 bits per heavy atom. The summed E-state index contributed by atoms with van der Waals surface area (Å²) in [6.07, 6.45) is 4.69. The van der Waals surface area contributed by atoms with Gasteiger partial charge in [-0.05, 0) is 25.7 Å². The number of carbonyl (C=O) groups is 1. The van der Waals surface area contributed by atoms with E-state index in [1.807, 2.05) is 11.8 Å². The van der Waals surface area contributed by atoms with Gasteiger partial charge in [-0.1, -0.05) is 6.92 Å². The van der Waals surface area contributed by atoms with Gasteiger partial charge in [0.1, 0.15) is 0 Å². The second-order valence-electron chi connectivity index (χ2n) is 5.49. The summed E-state index contributed by atoms with van der Waals surface area (Å²) in [6.45, 7) is 4.57. The van der Waals surface area contributed by atoms with Crippen molar-refractivity contribution in [1.29, 1.82) is 0 Å². The van der Waals surface area contributed by atoms with Crippen molar-refractivity contribution >= 4 is 17.7 Å². The van der Waals surface area contributed by atoms with E-state index >= 15 is 0 Å². The number of hydrogen-bond acceptors (Lipinski definition) is 5. The highest BCUT2D eigenvalue weighted by Gasteiger charge is 2.39. The third-order valence-electron chi connectivity index (χ3n) is 3.96. The molecule has 0 saturated carbocycles. The summed E-state index contributed by atoms with van der Waals surface area (Å²) >= 11 is 1.91. The molecule has 1 spiro atoms. The van der Waals surface area contributed by atoms with Crippen LogP contribution in [0.2, 0.25) is 0 Å². The molecule has 0 bridgehead atoms. The molecule has 0 radical (unpaired) electrons. The van der Waals surface area contributed by atoms with Gasteiger partial charge in [0, 0.05) is 30.3 Å². The molecule has 2 unspecified atom stereocenters. The van der Waals surface area contributed by atoms with E-state index in [2.05, 4.69) is 6.92 Å². The first kappa shape index (κ1) is 15.1. The zero-order valence-corrected chi connectivity index (χ0v) is 12.7. The molecule has 2 atom stereocenters. The third kappa shape index (κ3) is 4.36. The van der Waals surface area contributed by atoms with E-state index in [0.29, 0.717) is 16.9 Å². The number of hydrogen-bond donors (Lipinski definition) is 0. The lowest BCUT2D eigenvalue weighted by Crippen LogP contribution is -2.45. The minimum atomic E-state index is -0.118. The van der Waals surface area contributed by atoms with E-state index in [9.17, 15) is 4.79 Å².